The van der Waals surface area contributed by atoms with Gasteiger partial charge in [-0.2, -0.15) is 0 Å². The highest BCUT2D eigenvalue weighted by Crippen LogP contribution is 2.43. The minimum Gasteiger partial charge on any atom is -0.337 e. The number of hydrogen-bond donors (Lipinski definition) is 1. The van der Waals surface area contributed by atoms with Crippen LogP contribution in [-0.4, -0.2) is 23.9 Å². The van der Waals surface area contributed by atoms with E-state index in [1.165, 1.54) is 18.2 Å². The number of fused-ring (bicyclic) bond motifs is 1. The number of carbonyl (C=O) groups is 1. The first-order chi connectivity index (χ1) is 20.4. The third-order valence-corrected chi connectivity index (χ3v) is 9.62. The van der Waals surface area contributed by atoms with Crippen LogP contribution >= 0.6 is 0 Å². The number of amides is 1. The van der Waals surface area contributed by atoms with E-state index >= 15 is 0 Å². The maximum atomic E-state index is 14.0. The van der Waals surface area contributed by atoms with E-state index < -0.39 is 21.9 Å². The predicted octanol–water partition coefficient (Wildman–Crippen LogP) is 6.90. The second kappa shape index (κ2) is 13.2. The quantitative estimate of drug-likeness (QED) is 0.242. The van der Waals surface area contributed by atoms with Crippen molar-refractivity contribution >= 4 is 21.6 Å². The van der Waals surface area contributed by atoms with E-state index in [4.69, 9.17) is 0 Å². The van der Waals surface area contributed by atoms with E-state index in [-0.39, 0.29) is 35.1 Å². The number of rotatable bonds is 11. The van der Waals surface area contributed by atoms with Crippen molar-refractivity contribution in [3.8, 4) is 0 Å². The van der Waals surface area contributed by atoms with Crippen molar-refractivity contribution in [2.45, 2.75) is 69.9 Å². The summed E-state index contributed by atoms with van der Waals surface area (Å²) in [7, 11) is -2.11. The molecule has 1 amide bonds. The van der Waals surface area contributed by atoms with Crippen LogP contribution in [-0.2, 0) is 33.8 Å². The second-order valence-corrected chi connectivity index (χ2v) is 13.5. The number of anilines is 1. The number of aromatic nitrogens is 2. The molecule has 2 aromatic carbocycles. The van der Waals surface area contributed by atoms with Crippen LogP contribution in [0.4, 0.5) is 10.1 Å². The normalized spacial score (nSPS) is 17.4. The van der Waals surface area contributed by atoms with Crippen molar-refractivity contribution in [3.63, 3.8) is 0 Å². The molecule has 228 valence electrons. The molecule has 4 rings (SSSR count). The van der Waals surface area contributed by atoms with Gasteiger partial charge in [0.25, 0.3) is 0 Å². The van der Waals surface area contributed by atoms with Gasteiger partial charge in [0.05, 0.1) is 11.4 Å². The molecule has 0 bridgehead atoms. The molecule has 2 atom stereocenters. The van der Waals surface area contributed by atoms with Crippen molar-refractivity contribution in [3.05, 3.63) is 114 Å². The first kappa shape index (κ1) is 32.1. The van der Waals surface area contributed by atoms with Gasteiger partial charge in [0.1, 0.15) is 11.6 Å². The van der Waals surface area contributed by atoms with Gasteiger partial charge in [-0.1, -0.05) is 63.8 Å². The molecule has 0 saturated heterocycles. The maximum Gasteiger partial charge on any atom is 0.241 e. The average molecular weight is 605 g/mol. The van der Waals surface area contributed by atoms with Gasteiger partial charge in [-0.3, -0.25) is 4.79 Å². The molecular weight excluding hydrogens is 563 g/mol. The maximum absolute atomic E-state index is 14.0. The Labute approximate surface area is 254 Å². The summed E-state index contributed by atoms with van der Waals surface area (Å²) in [6.07, 6.45) is 12.7. The number of nitrogens with one attached hydrogen (secondary N) is 1. The molecule has 1 N–H and O–H groups in total. The van der Waals surface area contributed by atoms with E-state index in [1.807, 2.05) is 68.1 Å². The number of sulfonamides is 1. The molecular formula is C34H41FN4O3S. The van der Waals surface area contributed by atoms with E-state index in [1.54, 1.807) is 17.2 Å². The van der Waals surface area contributed by atoms with Gasteiger partial charge in [-0.15, -0.1) is 0 Å². The molecule has 3 aromatic rings. The summed E-state index contributed by atoms with van der Waals surface area (Å²) in [5.41, 5.74) is 3.28. The molecule has 0 saturated carbocycles. The molecule has 1 heterocycles. The minimum absolute atomic E-state index is 0.0621. The van der Waals surface area contributed by atoms with Crippen molar-refractivity contribution in [1.29, 1.82) is 0 Å². The van der Waals surface area contributed by atoms with Gasteiger partial charge in [-0.25, -0.2) is 22.5 Å². The van der Waals surface area contributed by atoms with Crippen LogP contribution in [0.15, 0.2) is 96.2 Å². The van der Waals surface area contributed by atoms with Gasteiger partial charge in [0, 0.05) is 37.6 Å². The summed E-state index contributed by atoms with van der Waals surface area (Å²) < 4.78 is 45.2. The molecule has 0 fully saturated rings. The number of nitrogens with zero attached hydrogens (tertiary/aromatic N) is 3. The molecule has 43 heavy (non-hydrogen) atoms. The minimum atomic E-state index is -4.00. The number of carbonyl (C=O) groups excluding carboxylic acids is 1. The van der Waals surface area contributed by atoms with Crippen molar-refractivity contribution in [2.75, 3.05) is 4.90 Å². The zero-order chi connectivity index (χ0) is 31.4. The Morgan fingerprint density at radius 2 is 2.05 bits per heavy atom. The first-order valence-corrected chi connectivity index (χ1v) is 16.0. The van der Waals surface area contributed by atoms with Crippen LogP contribution in [0.2, 0.25) is 0 Å². The standard InChI is InChI=1S/C34H41FN4O3S/c1-7-10-25(11-8-2)24(3)20-33(40)39(23-32-36-18-19-38(32)6)27-14-15-30-29(22-27)31(16-17-34(30,4)5)37-43(41,42)28-13-9-12-26(35)21-28/h7-15,18-19,21-22,24,31,37H,1,16-17,20,23H2,2-6H3/b11-8-,25-10+/t24-,31-/m1/s1. The van der Waals surface area contributed by atoms with Crippen LogP contribution < -0.4 is 9.62 Å². The lowest BCUT2D eigenvalue weighted by Crippen LogP contribution is -2.37. The number of aryl methyl sites for hydroxylation is 1. The number of halogens is 1. The van der Waals surface area contributed by atoms with Crippen LogP contribution in [0.25, 0.3) is 0 Å². The Kier molecular flexibility index (Phi) is 9.87. The van der Waals surface area contributed by atoms with E-state index in [0.717, 1.165) is 35.0 Å². The molecule has 7 nitrogen and oxygen atoms in total. The Morgan fingerprint density at radius 3 is 2.70 bits per heavy atom. The zero-order valence-corrected chi connectivity index (χ0v) is 26.4. The predicted molar refractivity (Wildman–Crippen MR) is 169 cm³/mol. The highest BCUT2D eigenvalue weighted by Gasteiger charge is 2.36. The molecule has 9 heteroatoms. The Balaban J connectivity index is 1.74. The summed E-state index contributed by atoms with van der Waals surface area (Å²) >= 11 is 0. The fourth-order valence-corrected chi connectivity index (χ4v) is 6.93. The Morgan fingerprint density at radius 1 is 1.28 bits per heavy atom. The largest absolute Gasteiger partial charge is 0.337 e. The SMILES string of the molecule is C=C/C=C(\C=C/C)[C@H](C)CC(=O)N(Cc1nccn1C)c1ccc2c(c1)[C@H](NS(=O)(=O)c1cccc(F)c1)CCC2(C)C. The lowest BCUT2D eigenvalue weighted by atomic mass is 9.71. The summed E-state index contributed by atoms with van der Waals surface area (Å²) in [6.45, 7) is 12.3. The van der Waals surface area contributed by atoms with Gasteiger partial charge >= 0.3 is 0 Å². The molecule has 1 aliphatic rings. The number of allylic oxidation sites excluding steroid dienone is 5. The lowest BCUT2D eigenvalue weighted by molar-refractivity contribution is -0.119. The molecule has 0 unspecified atom stereocenters. The van der Waals surface area contributed by atoms with E-state index in [2.05, 4.69) is 30.1 Å². The Bertz CT molecular complexity index is 1660. The third kappa shape index (κ3) is 7.40. The van der Waals surface area contributed by atoms with Crippen molar-refractivity contribution in [2.24, 2.45) is 13.0 Å². The van der Waals surface area contributed by atoms with Gasteiger partial charge in [0.2, 0.25) is 15.9 Å². The number of hydrogen-bond acceptors (Lipinski definition) is 4. The topological polar surface area (TPSA) is 84.3 Å². The average Bonchev–Trinajstić information content (AvgIpc) is 3.37. The smallest absolute Gasteiger partial charge is 0.241 e. The van der Waals surface area contributed by atoms with Crippen LogP contribution in [0.5, 0.6) is 0 Å². The molecule has 0 aliphatic heterocycles. The summed E-state index contributed by atoms with van der Waals surface area (Å²) in [5.74, 6) is -0.0407. The van der Waals surface area contributed by atoms with Crippen LogP contribution in [0.1, 0.15) is 70.0 Å². The van der Waals surface area contributed by atoms with Gasteiger partial charge < -0.3 is 9.47 Å². The molecule has 0 radical (unpaired) electrons. The second-order valence-electron chi connectivity index (χ2n) is 11.8. The van der Waals surface area contributed by atoms with E-state index in [0.29, 0.717) is 12.1 Å². The monoisotopic (exact) mass is 604 g/mol. The van der Waals surface area contributed by atoms with Crippen LogP contribution in [0, 0.1) is 11.7 Å². The zero-order valence-electron chi connectivity index (χ0n) is 25.5. The first-order valence-electron chi connectivity index (χ1n) is 14.5. The molecule has 0 spiro atoms. The summed E-state index contributed by atoms with van der Waals surface area (Å²) in [5, 5.41) is 0. The molecule has 1 aliphatic carbocycles. The highest BCUT2D eigenvalue weighted by molar-refractivity contribution is 7.89. The fourth-order valence-electron chi connectivity index (χ4n) is 5.65. The van der Waals surface area contributed by atoms with Crippen molar-refractivity contribution in [1.82, 2.24) is 14.3 Å². The Hall–Kier alpha value is -3.82. The van der Waals surface area contributed by atoms with Gasteiger partial charge in [-0.05, 0) is 78.1 Å². The van der Waals surface area contributed by atoms with Crippen LogP contribution in [0.3, 0.4) is 0 Å². The summed E-state index contributed by atoms with van der Waals surface area (Å²) in [4.78, 5) is 20.1. The van der Waals surface area contributed by atoms with Gasteiger partial charge in [0.15, 0.2) is 0 Å². The molecule has 1 aromatic heterocycles. The number of imidazole rings is 1. The lowest BCUT2D eigenvalue weighted by Gasteiger charge is -2.38. The summed E-state index contributed by atoms with van der Waals surface area (Å²) in [6, 6.07) is 10.3. The number of benzene rings is 2. The fraction of sp³-hybridized carbons (Fsp3) is 0.353. The van der Waals surface area contributed by atoms with E-state index in [9.17, 15) is 17.6 Å². The highest BCUT2D eigenvalue weighted by atomic mass is 32.2. The third-order valence-electron chi connectivity index (χ3n) is 8.15. The van der Waals surface area contributed by atoms with Crippen molar-refractivity contribution < 1.29 is 17.6 Å².